The highest BCUT2D eigenvalue weighted by Crippen LogP contribution is 2.22. The summed E-state index contributed by atoms with van der Waals surface area (Å²) in [5.41, 5.74) is 0. The lowest BCUT2D eigenvalue weighted by atomic mass is 10.2. The number of aromatic nitrogens is 1. The van der Waals surface area contributed by atoms with Gasteiger partial charge in [0.2, 0.25) is 0 Å². The molecule has 4 nitrogen and oxygen atoms in total. The number of thiazole rings is 1. The van der Waals surface area contributed by atoms with Crippen LogP contribution < -0.4 is 4.90 Å². The summed E-state index contributed by atoms with van der Waals surface area (Å²) in [7, 11) is 0. The Labute approximate surface area is 99.9 Å². The third-order valence-corrected chi connectivity index (χ3v) is 3.93. The van der Waals surface area contributed by atoms with Crippen molar-refractivity contribution in [1.29, 1.82) is 0 Å². The molecule has 0 radical (unpaired) electrons. The van der Waals surface area contributed by atoms with Crippen LogP contribution in [-0.4, -0.2) is 48.4 Å². The number of nitrogens with zero attached hydrogens (tertiary/aromatic N) is 3. The largest absolute Gasteiger partial charge is 0.346 e. The molecule has 0 atom stereocenters. The summed E-state index contributed by atoms with van der Waals surface area (Å²) in [6.07, 6.45) is 2.52. The van der Waals surface area contributed by atoms with E-state index in [9.17, 15) is 4.79 Å². The molecule has 1 fully saturated rings. The van der Waals surface area contributed by atoms with Gasteiger partial charge in [-0.2, -0.15) is 0 Å². The van der Waals surface area contributed by atoms with Gasteiger partial charge >= 0.3 is 0 Å². The average Bonchev–Trinajstić information content (AvgIpc) is 2.77. The van der Waals surface area contributed by atoms with Gasteiger partial charge in [0, 0.05) is 32.2 Å². The Morgan fingerprint density at radius 1 is 1.38 bits per heavy atom. The molecule has 0 bridgehead atoms. The molecule has 1 aromatic rings. The standard InChI is InChI=1S/C11H17N3OS/c1-9(2)13-3-5-14(6-4-13)11-12-7-10(8-15)16-11/h7-9H,3-6H2,1-2H3. The van der Waals surface area contributed by atoms with Gasteiger partial charge in [-0.3, -0.25) is 9.69 Å². The maximum atomic E-state index is 10.6. The molecule has 2 heterocycles. The zero-order chi connectivity index (χ0) is 11.5. The Kier molecular flexibility index (Phi) is 3.56. The van der Waals surface area contributed by atoms with Gasteiger partial charge in [-0.15, -0.1) is 0 Å². The van der Waals surface area contributed by atoms with Crippen molar-refractivity contribution in [3.8, 4) is 0 Å². The first-order chi connectivity index (χ1) is 7.70. The minimum Gasteiger partial charge on any atom is -0.346 e. The molecule has 0 spiro atoms. The number of rotatable bonds is 3. The van der Waals surface area contributed by atoms with Gasteiger partial charge in [-0.05, 0) is 13.8 Å². The molecule has 88 valence electrons. The maximum Gasteiger partial charge on any atom is 0.186 e. The Bertz CT molecular complexity index is 356. The molecule has 0 amide bonds. The second-order valence-corrected chi connectivity index (χ2v) is 5.32. The van der Waals surface area contributed by atoms with E-state index in [2.05, 4.69) is 28.6 Å². The van der Waals surface area contributed by atoms with Crippen LogP contribution in [-0.2, 0) is 0 Å². The number of anilines is 1. The van der Waals surface area contributed by atoms with E-state index in [0.717, 1.165) is 37.6 Å². The highest BCUT2D eigenvalue weighted by atomic mass is 32.1. The number of carbonyl (C=O) groups excluding carboxylic acids is 1. The first-order valence-corrected chi connectivity index (χ1v) is 6.42. The van der Waals surface area contributed by atoms with Crippen LogP contribution in [0, 0.1) is 0 Å². The van der Waals surface area contributed by atoms with E-state index < -0.39 is 0 Å². The summed E-state index contributed by atoms with van der Waals surface area (Å²) >= 11 is 1.48. The molecular formula is C11H17N3OS. The van der Waals surface area contributed by atoms with Crippen molar-refractivity contribution in [3.05, 3.63) is 11.1 Å². The van der Waals surface area contributed by atoms with E-state index in [0.29, 0.717) is 10.9 Å². The summed E-state index contributed by atoms with van der Waals surface area (Å²) in [6, 6.07) is 0.615. The predicted octanol–water partition coefficient (Wildman–Crippen LogP) is 1.49. The molecule has 1 aliphatic heterocycles. The van der Waals surface area contributed by atoms with E-state index in [1.807, 2.05) is 0 Å². The molecule has 0 aromatic carbocycles. The van der Waals surface area contributed by atoms with Gasteiger partial charge in [-0.1, -0.05) is 11.3 Å². The Balaban J connectivity index is 1.96. The van der Waals surface area contributed by atoms with Gasteiger partial charge in [0.15, 0.2) is 11.4 Å². The van der Waals surface area contributed by atoms with E-state index in [1.54, 1.807) is 6.20 Å². The van der Waals surface area contributed by atoms with Crippen molar-refractivity contribution in [2.45, 2.75) is 19.9 Å². The van der Waals surface area contributed by atoms with Crippen molar-refractivity contribution in [3.63, 3.8) is 0 Å². The van der Waals surface area contributed by atoms with Crippen molar-refractivity contribution >= 4 is 22.8 Å². The summed E-state index contributed by atoms with van der Waals surface area (Å²) in [4.78, 5) is 20.3. The minimum absolute atomic E-state index is 0.615. The average molecular weight is 239 g/mol. The molecule has 5 heteroatoms. The normalized spacial score (nSPS) is 18.1. The van der Waals surface area contributed by atoms with Crippen LogP contribution in [0.1, 0.15) is 23.5 Å². The quantitative estimate of drug-likeness (QED) is 0.749. The summed E-state index contributed by atoms with van der Waals surface area (Å²) < 4.78 is 0. The Morgan fingerprint density at radius 3 is 2.56 bits per heavy atom. The number of hydrogen-bond acceptors (Lipinski definition) is 5. The van der Waals surface area contributed by atoms with Crippen LogP contribution >= 0.6 is 11.3 Å². The lowest BCUT2D eigenvalue weighted by Crippen LogP contribution is -2.48. The van der Waals surface area contributed by atoms with Crippen LogP contribution in [0.25, 0.3) is 0 Å². The van der Waals surface area contributed by atoms with Gasteiger partial charge in [0.1, 0.15) is 0 Å². The van der Waals surface area contributed by atoms with Crippen molar-refractivity contribution < 1.29 is 4.79 Å². The molecule has 0 aliphatic carbocycles. The van der Waals surface area contributed by atoms with Gasteiger partial charge in [-0.25, -0.2) is 4.98 Å². The molecule has 16 heavy (non-hydrogen) atoms. The third kappa shape index (κ3) is 2.41. The Hall–Kier alpha value is -0.940. The number of aldehydes is 1. The zero-order valence-electron chi connectivity index (χ0n) is 9.72. The lowest BCUT2D eigenvalue weighted by Gasteiger charge is -2.36. The van der Waals surface area contributed by atoms with Crippen molar-refractivity contribution in [1.82, 2.24) is 9.88 Å². The van der Waals surface area contributed by atoms with E-state index in [-0.39, 0.29) is 0 Å². The fourth-order valence-electron chi connectivity index (χ4n) is 1.91. The Morgan fingerprint density at radius 2 is 2.06 bits per heavy atom. The van der Waals surface area contributed by atoms with E-state index in [4.69, 9.17) is 0 Å². The second kappa shape index (κ2) is 4.93. The van der Waals surface area contributed by atoms with E-state index in [1.165, 1.54) is 11.3 Å². The van der Waals surface area contributed by atoms with Crippen LogP contribution in [0.15, 0.2) is 6.20 Å². The monoisotopic (exact) mass is 239 g/mol. The van der Waals surface area contributed by atoms with Crippen molar-refractivity contribution in [2.75, 3.05) is 31.1 Å². The minimum atomic E-state index is 0.615. The molecule has 0 unspecified atom stereocenters. The smallest absolute Gasteiger partial charge is 0.186 e. The van der Waals surface area contributed by atoms with E-state index >= 15 is 0 Å². The third-order valence-electron chi connectivity index (χ3n) is 2.94. The van der Waals surface area contributed by atoms with Crippen LogP contribution in [0.3, 0.4) is 0 Å². The number of hydrogen-bond donors (Lipinski definition) is 0. The first-order valence-electron chi connectivity index (χ1n) is 5.60. The first kappa shape index (κ1) is 11.5. The molecular weight excluding hydrogens is 222 g/mol. The molecule has 1 saturated heterocycles. The van der Waals surface area contributed by atoms with Crippen LogP contribution in [0.2, 0.25) is 0 Å². The fraction of sp³-hybridized carbons (Fsp3) is 0.636. The molecule has 1 aromatic heterocycles. The topological polar surface area (TPSA) is 36.4 Å². The summed E-state index contributed by atoms with van der Waals surface area (Å²) in [5.74, 6) is 0. The van der Waals surface area contributed by atoms with Gasteiger partial charge in [0.25, 0.3) is 0 Å². The molecule has 0 saturated carbocycles. The zero-order valence-corrected chi connectivity index (χ0v) is 10.5. The number of piperazine rings is 1. The lowest BCUT2D eigenvalue weighted by molar-refractivity contribution is 0.112. The van der Waals surface area contributed by atoms with Crippen LogP contribution in [0.5, 0.6) is 0 Å². The maximum absolute atomic E-state index is 10.6. The SMILES string of the molecule is CC(C)N1CCN(c2ncc(C=O)s2)CC1. The van der Waals surface area contributed by atoms with Crippen LogP contribution in [0.4, 0.5) is 5.13 Å². The van der Waals surface area contributed by atoms with Crippen molar-refractivity contribution in [2.24, 2.45) is 0 Å². The predicted molar refractivity (Wildman–Crippen MR) is 66.4 cm³/mol. The van der Waals surface area contributed by atoms with Gasteiger partial charge < -0.3 is 4.90 Å². The molecule has 0 N–H and O–H groups in total. The second-order valence-electron chi connectivity index (χ2n) is 4.28. The number of carbonyl (C=O) groups is 1. The fourth-order valence-corrected chi connectivity index (χ4v) is 2.69. The summed E-state index contributed by atoms with van der Waals surface area (Å²) in [5, 5.41) is 0.977. The molecule has 2 rings (SSSR count). The van der Waals surface area contributed by atoms with Gasteiger partial charge in [0.05, 0.1) is 11.1 Å². The highest BCUT2D eigenvalue weighted by molar-refractivity contribution is 7.17. The molecule has 1 aliphatic rings. The summed E-state index contributed by atoms with van der Waals surface area (Å²) in [6.45, 7) is 8.61. The highest BCUT2D eigenvalue weighted by Gasteiger charge is 2.20.